The molecule has 1 aromatic carbocycles. The third-order valence-corrected chi connectivity index (χ3v) is 3.92. The molecule has 0 saturated carbocycles. The van der Waals surface area contributed by atoms with Crippen molar-refractivity contribution < 1.29 is 0 Å². The van der Waals surface area contributed by atoms with Crippen LogP contribution in [0.2, 0.25) is 0 Å². The summed E-state index contributed by atoms with van der Waals surface area (Å²) in [6.45, 7) is 8.90. The van der Waals surface area contributed by atoms with E-state index in [-0.39, 0.29) is 11.6 Å². The molecule has 1 aromatic heterocycles. The Balaban J connectivity index is 2.49. The van der Waals surface area contributed by atoms with Gasteiger partial charge in [-0.2, -0.15) is 0 Å². The zero-order valence-corrected chi connectivity index (χ0v) is 13.3. The molecule has 0 fully saturated rings. The number of hydrogen-bond donors (Lipinski definition) is 1. The molecule has 112 valence electrons. The van der Waals surface area contributed by atoms with Gasteiger partial charge in [0, 0.05) is 17.8 Å². The number of aromatic nitrogens is 1. The lowest BCUT2D eigenvalue weighted by molar-refractivity contribution is 0.626. The maximum Gasteiger partial charge on any atom is 0.255 e. The Morgan fingerprint density at radius 3 is 2.24 bits per heavy atom. The molecule has 0 amide bonds. The van der Waals surface area contributed by atoms with Gasteiger partial charge in [0.15, 0.2) is 0 Å². The number of hydrogen-bond acceptors (Lipinski definition) is 2. The van der Waals surface area contributed by atoms with Crippen LogP contribution in [-0.4, -0.2) is 4.57 Å². The molecule has 2 aromatic rings. The second-order valence-electron chi connectivity index (χ2n) is 5.81. The summed E-state index contributed by atoms with van der Waals surface area (Å²) in [5.41, 5.74) is 10.2. The Labute approximate surface area is 126 Å². The molecule has 0 aliphatic heterocycles. The van der Waals surface area contributed by atoms with Gasteiger partial charge < -0.3 is 10.3 Å². The van der Waals surface area contributed by atoms with Crippen LogP contribution in [0.3, 0.4) is 0 Å². The molecule has 3 heteroatoms. The average Bonchev–Trinajstić information content (AvgIpc) is 2.46. The minimum absolute atomic E-state index is 0.0248. The van der Waals surface area contributed by atoms with Crippen LogP contribution < -0.4 is 11.3 Å². The van der Waals surface area contributed by atoms with Crippen molar-refractivity contribution in [2.45, 2.75) is 46.2 Å². The molecule has 0 bridgehead atoms. The highest BCUT2D eigenvalue weighted by molar-refractivity contribution is 5.33. The van der Waals surface area contributed by atoms with Crippen molar-refractivity contribution in [2.75, 3.05) is 0 Å². The van der Waals surface area contributed by atoms with Gasteiger partial charge in [-0.1, -0.05) is 43.7 Å². The zero-order chi connectivity index (χ0) is 15.6. The van der Waals surface area contributed by atoms with Crippen molar-refractivity contribution in [3.05, 3.63) is 69.1 Å². The standard InChI is InChI=1S/C18H24N2O/c1-5-20-16(12(2)3)11-10-15(18(20)21)17(19)14-8-6-13(4)7-9-14/h6-12,17H,5,19H2,1-4H3. The maximum atomic E-state index is 12.7. The third-order valence-electron chi connectivity index (χ3n) is 3.92. The first kappa shape index (κ1) is 15.5. The van der Waals surface area contributed by atoms with E-state index in [0.717, 1.165) is 11.3 Å². The molecule has 0 spiro atoms. The van der Waals surface area contributed by atoms with E-state index in [2.05, 4.69) is 13.8 Å². The number of rotatable bonds is 4. The fourth-order valence-corrected chi connectivity index (χ4v) is 2.63. The van der Waals surface area contributed by atoms with E-state index in [4.69, 9.17) is 5.73 Å². The molecule has 2 N–H and O–H groups in total. The molecule has 0 radical (unpaired) electrons. The van der Waals surface area contributed by atoms with Gasteiger partial charge in [0.1, 0.15) is 0 Å². The number of nitrogens with two attached hydrogens (primary N) is 1. The SMILES string of the molecule is CCn1c(C(C)C)ccc(C(N)c2ccc(C)cc2)c1=O. The van der Waals surface area contributed by atoms with Crippen LogP contribution in [0.25, 0.3) is 0 Å². The highest BCUT2D eigenvalue weighted by Crippen LogP contribution is 2.20. The minimum Gasteiger partial charge on any atom is -0.320 e. The highest BCUT2D eigenvalue weighted by Gasteiger charge is 2.16. The van der Waals surface area contributed by atoms with Gasteiger partial charge in [-0.05, 0) is 37.5 Å². The summed E-state index contributed by atoms with van der Waals surface area (Å²) in [6, 6.07) is 11.6. The summed E-state index contributed by atoms with van der Waals surface area (Å²) < 4.78 is 1.83. The predicted molar refractivity (Wildman–Crippen MR) is 87.7 cm³/mol. The van der Waals surface area contributed by atoms with Crippen molar-refractivity contribution in [1.82, 2.24) is 4.57 Å². The largest absolute Gasteiger partial charge is 0.320 e. The summed E-state index contributed by atoms with van der Waals surface area (Å²) >= 11 is 0. The average molecular weight is 284 g/mol. The van der Waals surface area contributed by atoms with Gasteiger partial charge in [-0.3, -0.25) is 4.79 Å². The minimum atomic E-state index is -0.378. The fourth-order valence-electron chi connectivity index (χ4n) is 2.63. The Morgan fingerprint density at radius 2 is 1.71 bits per heavy atom. The molecule has 1 unspecified atom stereocenters. The van der Waals surface area contributed by atoms with Gasteiger partial charge in [0.05, 0.1) is 6.04 Å². The number of pyridine rings is 1. The Bertz CT molecular complexity index is 669. The normalized spacial score (nSPS) is 12.7. The number of nitrogens with zero attached hydrogens (tertiary/aromatic N) is 1. The molecule has 21 heavy (non-hydrogen) atoms. The summed E-state index contributed by atoms with van der Waals surface area (Å²) in [5, 5.41) is 0. The molecule has 0 saturated heterocycles. The van der Waals surface area contributed by atoms with E-state index in [1.165, 1.54) is 5.56 Å². The monoisotopic (exact) mass is 284 g/mol. The zero-order valence-electron chi connectivity index (χ0n) is 13.3. The molecule has 0 aliphatic carbocycles. The van der Waals surface area contributed by atoms with Crippen molar-refractivity contribution in [1.29, 1.82) is 0 Å². The van der Waals surface area contributed by atoms with Gasteiger partial charge in [-0.15, -0.1) is 0 Å². The van der Waals surface area contributed by atoms with Gasteiger partial charge in [0.2, 0.25) is 0 Å². The van der Waals surface area contributed by atoms with Crippen LogP contribution in [0.5, 0.6) is 0 Å². The summed E-state index contributed by atoms with van der Waals surface area (Å²) in [4.78, 5) is 12.7. The Hall–Kier alpha value is -1.87. The van der Waals surface area contributed by atoms with Crippen LogP contribution in [0.1, 0.15) is 55.1 Å². The first-order valence-electron chi connectivity index (χ1n) is 7.51. The van der Waals surface area contributed by atoms with E-state index in [1.54, 1.807) is 0 Å². The summed E-state index contributed by atoms with van der Waals surface area (Å²) in [7, 11) is 0. The second kappa shape index (κ2) is 6.27. The van der Waals surface area contributed by atoms with Crippen molar-refractivity contribution in [2.24, 2.45) is 5.73 Å². The summed E-state index contributed by atoms with van der Waals surface area (Å²) in [6.07, 6.45) is 0. The summed E-state index contributed by atoms with van der Waals surface area (Å²) in [5.74, 6) is 0.322. The van der Waals surface area contributed by atoms with Crippen LogP contribution in [0, 0.1) is 6.92 Å². The Kier molecular flexibility index (Phi) is 4.63. The fraction of sp³-hybridized carbons (Fsp3) is 0.389. The number of aryl methyl sites for hydroxylation is 1. The predicted octanol–water partition coefficient (Wildman–Crippen LogP) is 3.35. The highest BCUT2D eigenvalue weighted by atomic mass is 16.1. The van der Waals surface area contributed by atoms with Gasteiger partial charge in [0.25, 0.3) is 5.56 Å². The topological polar surface area (TPSA) is 48.0 Å². The maximum absolute atomic E-state index is 12.7. The third kappa shape index (κ3) is 3.08. The molecular formula is C18H24N2O. The van der Waals surface area contributed by atoms with E-state index >= 15 is 0 Å². The van der Waals surface area contributed by atoms with Crippen molar-refractivity contribution in [3.8, 4) is 0 Å². The van der Waals surface area contributed by atoms with Crippen LogP contribution >= 0.6 is 0 Å². The van der Waals surface area contributed by atoms with Crippen molar-refractivity contribution >= 4 is 0 Å². The van der Waals surface area contributed by atoms with Gasteiger partial charge >= 0.3 is 0 Å². The lowest BCUT2D eigenvalue weighted by Crippen LogP contribution is -2.30. The second-order valence-corrected chi connectivity index (χ2v) is 5.81. The van der Waals surface area contributed by atoms with E-state index in [0.29, 0.717) is 18.0 Å². The lowest BCUT2D eigenvalue weighted by atomic mass is 9.98. The van der Waals surface area contributed by atoms with E-state index in [9.17, 15) is 4.79 Å². The smallest absolute Gasteiger partial charge is 0.255 e. The molecule has 1 atom stereocenters. The van der Waals surface area contributed by atoms with Crippen LogP contribution in [0.15, 0.2) is 41.2 Å². The molecule has 1 heterocycles. The van der Waals surface area contributed by atoms with Crippen LogP contribution in [-0.2, 0) is 6.54 Å². The molecule has 2 rings (SSSR count). The molecular weight excluding hydrogens is 260 g/mol. The molecule has 3 nitrogen and oxygen atoms in total. The number of benzene rings is 1. The Morgan fingerprint density at radius 1 is 1.10 bits per heavy atom. The van der Waals surface area contributed by atoms with E-state index < -0.39 is 0 Å². The first-order chi connectivity index (χ1) is 9.95. The molecule has 0 aliphatic rings. The van der Waals surface area contributed by atoms with Crippen molar-refractivity contribution in [3.63, 3.8) is 0 Å². The van der Waals surface area contributed by atoms with Gasteiger partial charge in [-0.25, -0.2) is 0 Å². The van der Waals surface area contributed by atoms with Crippen LogP contribution in [0.4, 0.5) is 0 Å². The quantitative estimate of drug-likeness (QED) is 0.936. The lowest BCUT2D eigenvalue weighted by Gasteiger charge is -2.18. The first-order valence-corrected chi connectivity index (χ1v) is 7.51. The van der Waals surface area contributed by atoms with E-state index in [1.807, 2.05) is 54.8 Å².